The molecule has 0 bridgehead atoms. The van der Waals surface area contributed by atoms with Crippen LogP contribution in [0.25, 0.3) is 10.4 Å². The van der Waals surface area contributed by atoms with Gasteiger partial charge < -0.3 is 14.8 Å². The van der Waals surface area contributed by atoms with Crippen LogP contribution in [0.5, 0.6) is 5.75 Å². The van der Waals surface area contributed by atoms with Crippen LogP contribution in [0.2, 0.25) is 0 Å². The number of carbonyl (C=O) groups is 2. The first-order valence-corrected chi connectivity index (χ1v) is 10.1. The number of esters is 1. The van der Waals surface area contributed by atoms with E-state index in [0.29, 0.717) is 16.3 Å². The summed E-state index contributed by atoms with van der Waals surface area (Å²) in [4.78, 5) is 25.4. The topological polar surface area (TPSA) is 64.6 Å². The van der Waals surface area contributed by atoms with Crippen LogP contribution in [-0.2, 0) is 9.53 Å². The van der Waals surface area contributed by atoms with Crippen molar-refractivity contribution in [1.82, 2.24) is 0 Å². The molecule has 2 heterocycles. The summed E-state index contributed by atoms with van der Waals surface area (Å²) in [5.41, 5.74) is 1.11. The van der Waals surface area contributed by atoms with Gasteiger partial charge in [0.05, 0.1) is 7.11 Å². The molecule has 26 heavy (non-hydrogen) atoms. The van der Waals surface area contributed by atoms with Gasteiger partial charge in [-0.25, -0.2) is 4.79 Å². The minimum Gasteiger partial charge on any atom is -0.484 e. The third-order valence-corrected chi connectivity index (χ3v) is 5.73. The molecule has 0 aliphatic heterocycles. The SMILES string of the molecule is COC(=O)c1c(-c2cccs2)csc1NC(=O)COc1ccc(Br)cc1. The largest absolute Gasteiger partial charge is 0.484 e. The molecule has 1 N–H and O–H groups in total. The number of ether oxygens (including phenoxy) is 2. The number of rotatable bonds is 6. The van der Waals surface area contributed by atoms with Crippen LogP contribution >= 0.6 is 38.6 Å². The van der Waals surface area contributed by atoms with E-state index in [-0.39, 0.29) is 12.5 Å². The highest BCUT2D eigenvalue weighted by atomic mass is 79.9. The van der Waals surface area contributed by atoms with Crippen molar-refractivity contribution in [2.75, 3.05) is 19.0 Å². The second kappa shape index (κ2) is 8.48. The number of anilines is 1. The minimum absolute atomic E-state index is 0.158. The molecule has 0 saturated heterocycles. The Bertz CT molecular complexity index is 904. The fourth-order valence-electron chi connectivity index (χ4n) is 2.21. The molecule has 0 unspecified atom stereocenters. The normalized spacial score (nSPS) is 10.4. The molecule has 0 fully saturated rings. The van der Waals surface area contributed by atoms with Gasteiger partial charge in [0.1, 0.15) is 16.3 Å². The van der Waals surface area contributed by atoms with E-state index >= 15 is 0 Å². The van der Waals surface area contributed by atoms with E-state index in [2.05, 4.69) is 21.2 Å². The molecule has 0 aliphatic carbocycles. The van der Waals surface area contributed by atoms with E-state index in [9.17, 15) is 9.59 Å². The Kier molecular flexibility index (Phi) is 6.08. The van der Waals surface area contributed by atoms with E-state index in [1.54, 1.807) is 12.1 Å². The number of hydrogen-bond acceptors (Lipinski definition) is 6. The summed E-state index contributed by atoms with van der Waals surface area (Å²) in [6.07, 6.45) is 0. The van der Waals surface area contributed by atoms with Crippen LogP contribution in [0.4, 0.5) is 5.00 Å². The highest BCUT2D eigenvalue weighted by Gasteiger charge is 2.22. The van der Waals surface area contributed by atoms with Crippen molar-refractivity contribution >= 4 is 55.5 Å². The second-order valence-electron chi connectivity index (χ2n) is 5.11. The number of thiophene rings is 2. The fraction of sp³-hybridized carbons (Fsp3) is 0.111. The van der Waals surface area contributed by atoms with Crippen molar-refractivity contribution in [2.45, 2.75) is 0 Å². The second-order valence-corrected chi connectivity index (χ2v) is 7.86. The zero-order valence-corrected chi connectivity index (χ0v) is 16.9. The number of hydrogen-bond donors (Lipinski definition) is 1. The Morgan fingerprint density at radius 2 is 1.92 bits per heavy atom. The van der Waals surface area contributed by atoms with Gasteiger partial charge in [-0.2, -0.15) is 0 Å². The molecule has 5 nitrogen and oxygen atoms in total. The highest BCUT2D eigenvalue weighted by Crippen LogP contribution is 2.38. The molecule has 0 atom stereocenters. The number of nitrogens with one attached hydrogen (secondary N) is 1. The number of amides is 1. The predicted molar refractivity (Wildman–Crippen MR) is 107 cm³/mol. The summed E-state index contributed by atoms with van der Waals surface area (Å²) in [6, 6.07) is 11.0. The van der Waals surface area contributed by atoms with Crippen molar-refractivity contribution in [1.29, 1.82) is 0 Å². The van der Waals surface area contributed by atoms with E-state index in [1.807, 2.05) is 35.0 Å². The third kappa shape index (κ3) is 4.32. The van der Waals surface area contributed by atoms with Gasteiger partial charge in [-0.1, -0.05) is 22.0 Å². The van der Waals surface area contributed by atoms with Crippen molar-refractivity contribution in [3.8, 4) is 16.2 Å². The van der Waals surface area contributed by atoms with Gasteiger partial charge in [-0.05, 0) is 35.7 Å². The average molecular weight is 452 g/mol. The molecule has 0 aliphatic rings. The van der Waals surface area contributed by atoms with Crippen LogP contribution in [0, 0.1) is 0 Å². The van der Waals surface area contributed by atoms with Gasteiger partial charge in [0.25, 0.3) is 5.91 Å². The maximum absolute atomic E-state index is 12.2. The Hall–Kier alpha value is -2.16. The summed E-state index contributed by atoms with van der Waals surface area (Å²) in [5, 5.41) is 6.95. The summed E-state index contributed by atoms with van der Waals surface area (Å²) in [6.45, 7) is -0.158. The van der Waals surface area contributed by atoms with Crippen molar-refractivity contribution < 1.29 is 19.1 Å². The van der Waals surface area contributed by atoms with Gasteiger partial charge in [-0.15, -0.1) is 22.7 Å². The van der Waals surface area contributed by atoms with Crippen LogP contribution in [-0.4, -0.2) is 25.6 Å². The molecule has 2 aromatic heterocycles. The zero-order chi connectivity index (χ0) is 18.5. The average Bonchev–Trinajstić information content (AvgIpc) is 3.30. The van der Waals surface area contributed by atoms with Crippen LogP contribution in [0.3, 0.4) is 0 Å². The Labute approximate surface area is 166 Å². The predicted octanol–water partition coefficient (Wildman–Crippen LogP) is 5.04. The van der Waals surface area contributed by atoms with Crippen LogP contribution < -0.4 is 10.1 Å². The molecule has 0 radical (unpaired) electrons. The number of benzene rings is 1. The van der Waals surface area contributed by atoms with Gasteiger partial charge in [0.2, 0.25) is 0 Å². The maximum atomic E-state index is 12.2. The summed E-state index contributed by atoms with van der Waals surface area (Å²) in [7, 11) is 1.32. The highest BCUT2D eigenvalue weighted by molar-refractivity contribution is 9.10. The zero-order valence-electron chi connectivity index (χ0n) is 13.7. The molecule has 3 rings (SSSR count). The van der Waals surface area contributed by atoms with E-state index in [4.69, 9.17) is 9.47 Å². The van der Waals surface area contributed by atoms with Crippen LogP contribution in [0.15, 0.2) is 51.6 Å². The van der Waals surface area contributed by atoms with Crippen molar-refractivity contribution in [2.24, 2.45) is 0 Å². The lowest BCUT2D eigenvalue weighted by Crippen LogP contribution is -2.21. The van der Waals surface area contributed by atoms with Crippen LogP contribution in [0.1, 0.15) is 10.4 Å². The molecular weight excluding hydrogens is 438 g/mol. The van der Waals surface area contributed by atoms with E-state index < -0.39 is 5.97 Å². The molecule has 0 spiro atoms. The minimum atomic E-state index is -0.487. The number of methoxy groups -OCH3 is 1. The van der Waals surface area contributed by atoms with Crippen molar-refractivity contribution in [3.63, 3.8) is 0 Å². The first-order chi connectivity index (χ1) is 12.6. The van der Waals surface area contributed by atoms with Crippen molar-refractivity contribution in [3.05, 3.63) is 57.2 Å². The molecule has 1 aromatic carbocycles. The lowest BCUT2D eigenvalue weighted by Gasteiger charge is -2.08. The Balaban J connectivity index is 1.73. The van der Waals surface area contributed by atoms with Gasteiger partial charge >= 0.3 is 5.97 Å². The lowest BCUT2D eigenvalue weighted by molar-refractivity contribution is -0.118. The third-order valence-electron chi connectivity index (χ3n) is 3.40. The lowest BCUT2D eigenvalue weighted by atomic mass is 10.1. The van der Waals surface area contributed by atoms with Gasteiger partial charge in [0, 0.05) is 20.3 Å². The Morgan fingerprint density at radius 1 is 1.15 bits per heavy atom. The smallest absolute Gasteiger partial charge is 0.341 e. The standard InChI is InChI=1S/C18H14BrNO4S2/c1-23-18(22)16-13(14-3-2-8-25-14)10-26-17(16)20-15(21)9-24-12-6-4-11(19)5-7-12/h2-8,10H,9H2,1H3,(H,20,21). The van der Waals surface area contributed by atoms with E-state index in [1.165, 1.54) is 29.8 Å². The molecular formula is C18H14BrNO4S2. The summed E-state index contributed by atoms with van der Waals surface area (Å²) >= 11 is 6.14. The molecule has 3 aromatic rings. The summed E-state index contributed by atoms with van der Waals surface area (Å²) < 4.78 is 11.3. The fourth-order valence-corrected chi connectivity index (χ4v) is 4.26. The maximum Gasteiger partial charge on any atom is 0.341 e. The summed E-state index contributed by atoms with van der Waals surface area (Å²) in [5.74, 6) is -0.251. The number of carbonyl (C=O) groups excluding carboxylic acids is 2. The monoisotopic (exact) mass is 451 g/mol. The molecule has 8 heteroatoms. The van der Waals surface area contributed by atoms with E-state index in [0.717, 1.165) is 14.9 Å². The molecule has 0 saturated carbocycles. The first-order valence-electron chi connectivity index (χ1n) is 7.50. The van der Waals surface area contributed by atoms with Gasteiger partial charge in [-0.3, -0.25) is 4.79 Å². The quantitative estimate of drug-likeness (QED) is 0.532. The number of halogens is 1. The molecule has 1 amide bonds. The first kappa shape index (κ1) is 18.6. The molecule has 134 valence electrons. The Morgan fingerprint density at radius 3 is 2.58 bits per heavy atom. The van der Waals surface area contributed by atoms with Gasteiger partial charge in [0.15, 0.2) is 6.61 Å².